The number of rotatable bonds is 5. The van der Waals surface area contributed by atoms with E-state index in [0.717, 1.165) is 19.5 Å². The van der Waals surface area contributed by atoms with Crippen LogP contribution in [0.4, 0.5) is 10.1 Å². The number of aryl methyl sites for hydroxylation is 2. The van der Waals surface area contributed by atoms with E-state index < -0.39 is 0 Å². The van der Waals surface area contributed by atoms with Crippen LogP contribution in [0.5, 0.6) is 0 Å². The Kier molecular flexibility index (Phi) is 5.11. The quantitative estimate of drug-likeness (QED) is 0.530. The third kappa shape index (κ3) is 3.92. The second-order valence-corrected chi connectivity index (χ2v) is 6.17. The highest BCUT2D eigenvalue weighted by atomic mass is 32.1. The van der Waals surface area contributed by atoms with E-state index in [0.29, 0.717) is 16.4 Å². The van der Waals surface area contributed by atoms with Crippen LogP contribution in [0.2, 0.25) is 0 Å². The first-order chi connectivity index (χ1) is 11.6. The van der Waals surface area contributed by atoms with Gasteiger partial charge in [-0.1, -0.05) is 24.3 Å². The molecule has 3 rings (SSSR count). The SMILES string of the molecule is Cc1ccc(NC(=S)NCCCn2ccc3ccccc32)cc1F. The van der Waals surface area contributed by atoms with Gasteiger partial charge in [-0.3, -0.25) is 0 Å². The van der Waals surface area contributed by atoms with Crippen LogP contribution < -0.4 is 10.6 Å². The van der Waals surface area contributed by atoms with E-state index in [1.165, 1.54) is 17.0 Å². The molecule has 0 bridgehead atoms. The summed E-state index contributed by atoms with van der Waals surface area (Å²) in [6.45, 7) is 3.41. The Morgan fingerprint density at radius 2 is 2.00 bits per heavy atom. The predicted molar refractivity (Wildman–Crippen MR) is 102 cm³/mol. The van der Waals surface area contributed by atoms with Crippen LogP contribution in [-0.2, 0) is 6.54 Å². The molecule has 0 unspecified atom stereocenters. The topological polar surface area (TPSA) is 29.0 Å². The molecule has 0 atom stereocenters. The highest BCUT2D eigenvalue weighted by Crippen LogP contribution is 2.15. The smallest absolute Gasteiger partial charge is 0.170 e. The zero-order valence-corrected chi connectivity index (χ0v) is 14.4. The number of halogens is 1. The van der Waals surface area contributed by atoms with Gasteiger partial charge in [0, 0.05) is 30.5 Å². The van der Waals surface area contributed by atoms with E-state index in [-0.39, 0.29) is 5.82 Å². The van der Waals surface area contributed by atoms with Crippen LogP contribution >= 0.6 is 12.2 Å². The van der Waals surface area contributed by atoms with E-state index >= 15 is 0 Å². The largest absolute Gasteiger partial charge is 0.362 e. The monoisotopic (exact) mass is 341 g/mol. The Morgan fingerprint density at radius 1 is 1.17 bits per heavy atom. The van der Waals surface area contributed by atoms with Crippen molar-refractivity contribution in [1.29, 1.82) is 0 Å². The summed E-state index contributed by atoms with van der Waals surface area (Å²) in [6.07, 6.45) is 3.05. The van der Waals surface area contributed by atoms with Crippen molar-refractivity contribution in [2.45, 2.75) is 19.9 Å². The average Bonchev–Trinajstić information content (AvgIpc) is 2.98. The van der Waals surface area contributed by atoms with Crippen LogP contribution in [-0.4, -0.2) is 16.2 Å². The molecule has 3 nitrogen and oxygen atoms in total. The first kappa shape index (κ1) is 16.5. The summed E-state index contributed by atoms with van der Waals surface area (Å²) in [4.78, 5) is 0. The molecule has 0 saturated heterocycles. The maximum Gasteiger partial charge on any atom is 0.170 e. The molecular formula is C19H20FN3S. The Labute approximate surface area is 146 Å². The molecule has 0 aliphatic rings. The van der Waals surface area contributed by atoms with Crippen molar-refractivity contribution >= 4 is 33.9 Å². The Morgan fingerprint density at radius 3 is 2.83 bits per heavy atom. The Hall–Kier alpha value is -2.40. The standard InChI is InChI=1S/C19H20FN3S/c1-14-7-8-16(13-17(14)20)22-19(24)21-10-4-11-23-12-9-15-5-2-3-6-18(15)23/h2-3,5-9,12-13H,4,10-11H2,1H3,(H2,21,22,24). The Balaban J connectivity index is 1.46. The molecule has 0 amide bonds. The van der Waals surface area contributed by atoms with Crippen LogP contribution in [0, 0.1) is 12.7 Å². The van der Waals surface area contributed by atoms with E-state index in [2.05, 4.69) is 45.7 Å². The third-order valence-corrected chi connectivity index (χ3v) is 4.22. The van der Waals surface area contributed by atoms with Crippen molar-refractivity contribution in [2.24, 2.45) is 0 Å². The maximum absolute atomic E-state index is 13.5. The molecule has 0 fully saturated rings. The number of hydrogen-bond donors (Lipinski definition) is 2. The fourth-order valence-electron chi connectivity index (χ4n) is 2.63. The number of para-hydroxylation sites is 1. The van der Waals surface area contributed by atoms with Gasteiger partial charge in [-0.05, 0) is 60.8 Å². The van der Waals surface area contributed by atoms with Crippen LogP contribution in [0.1, 0.15) is 12.0 Å². The number of aromatic nitrogens is 1. The van der Waals surface area contributed by atoms with Gasteiger partial charge in [-0.2, -0.15) is 0 Å². The number of hydrogen-bond acceptors (Lipinski definition) is 1. The summed E-state index contributed by atoms with van der Waals surface area (Å²) in [5.74, 6) is -0.234. The van der Waals surface area contributed by atoms with Gasteiger partial charge in [-0.25, -0.2) is 4.39 Å². The molecular weight excluding hydrogens is 321 g/mol. The number of fused-ring (bicyclic) bond motifs is 1. The van der Waals surface area contributed by atoms with Gasteiger partial charge in [0.15, 0.2) is 5.11 Å². The fraction of sp³-hybridized carbons (Fsp3) is 0.211. The molecule has 0 aliphatic heterocycles. The van der Waals surface area contributed by atoms with Crippen molar-refractivity contribution in [1.82, 2.24) is 9.88 Å². The first-order valence-electron chi connectivity index (χ1n) is 7.98. The minimum absolute atomic E-state index is 0.234. The molecule has 1 heterocycles. The minimum atomic E-state index is -0.234. The highest BCUT2D eigenvalue weighted by molar-refractivity contribution is 7.80. The number of benzene rings is 2. The van der Waals surface area contributed by atoms with Gasteiger partial charge < -0.3 is 15.2 Å². The van der Waals surface area contributed by atoms with Crippen LogP contribution in [0.15, 0.2) is 54.7 Å². The average molecular weight is 341 g/mol. The molecule has 1 aromatic heterocycles. The van der Waals surface area contributed by atoms with Gasteiger partial charge in [0.25, 0.3) is 0 Å². The minimum Gasteiger partial charge on any atom is -0.362 e. The molecule has 24 heavy (non-hydrogen) atoms. The van der Waals surface area contributed by atoms with Gasteiger partial charge in [0.05, 0.1) is 0 Å². The summed E-state index contributed by atoms with van der Waals surface area (Å²) in [7, 11) is 0. The lowest BCUT2D eigenvalue weighted by molar-refractivity contribution is 0.619. The van der Waals surface area contributed by atoms with E-state index in [4.69, 9.17) is 12.2 Å². The second kappa shape index (κ2) is 7.45. The zero-order chi connectivity index (χ0) is 16.9. The van der Waals surface area contributed by atoms with E-state index in [9.17, 15) is 4.39 Å². The zero-order valence-electron chi connectivity index (χ0n) is 13.6. The molecule has 0 spiro atoms. The summed E-state index contributed by atoms with van der Waals surface area (Å²) in [5, 5.41) is 7.93. The second-order valence-electron chi connectivity index (χ2n) is 5.77. The summed E-state index contributed by atoms with van der Waals surface area (Å²) < 4.78 is 15.8. The lowest BCUT2D eigenvalue weighted by atomic mass is 10.2. The number of nitrogens with one attached hydrogen (secondary N) is 2. The summed E-state index contributed by atoms with van der Waals surface area (Å²) in [6, 6.07) is 15.5. The lowest BCUT2D eigenvalue weighted by Crippen LogP contribution is -2.29. The van der Waals surface area contributed by atoms with Crippen molar-refractivity contribution in [3.05, 3.63) is 66.1 Å². The van der Waals surface area contributed by atoms with E-state index in [1.54, 1.807) is 13.0 Å². The summed E-state index contributed by atoms with van der Waals surface area (Å²) in [5.41, 5.74) is 2.53. The van der Waals surface area contributed by atoms with Crippen molar-refractivity contribution < 1.29 is 4.39 Å². The van der Waals surface area contributed by atoms with Gasteiger partial charge in [0.2, 0.25) is 0 Å². The predicted octanol–water partition coefficient (Wildman–Crippen LogP) is 4.47. The molecule has 3 aromatic rings. The molecule has 2 aromatic carbocycles. The Bertz CT molecular complexity index is 857. The molecule has 0 saturated carbocycles. The third-order valence-electron chi connectivity index (χ3n) is 3.97. The number of nitrogens with zero attached hydrogens (tertiary/aromatic N) is 1. The summed E-state index contributed by atoms with van der Waals surface area (Å²) >= 11 is 5.25. The van der Waals surface area contributed by atoms with E-state index in [1.807, 2.05) is 12.1 Å². The lowest BCUT2D eigenvalue weighted by Gasteiger charge is -2.11. The molecule has 5 heteroatoms. The van der Waals surface area contributed by atoms with Gasteiger partial charge >= 0.3 is 0 Å². The van der Waals surface area contributed by atoms with Gasteiger partial charge in [-0.15, -0.1) is 0 Å². The van der Waals surface area contributed by atoms with Crippen LogP contribution in [0.3, 0.4) is 0 Å². The normalized spacial score (nSPS) is 10.8. The maximum atomic E-state index is 13.5. The van der Waals surface area contributed by atoms with Crippen molar-refractivity contribution in [2.75, 3.05) is 11.9 Å². The number of thiocarbonyl (C=S) groups is 1. The molecule has 124 valence electrons. The molecule has 0 radical (unpaired) electrons. The number of anilines is 1. The van der Waals surface area contributed by atoms with Crippen LogP contribution in [0.25, 0.3) is 10.9 Å². The van der Waals surface area contributed by atoms with Gasteiger partial charge in [0.1, 0.15) is 5.82 Å². The molecule has 2 N–H and O–H groups in total. The molecule has 0 aliphatic carbocycles. The van der Waals surface area contributed by atoms with Crippen molar-refractivity contribution in [3.8, 4) is 0 Å². The highest BCUT2D eigenvalue weighted by Gasteiger charge is 2.02. The first-order valence-corrected chi connectivity index (χ1v) is 8.39. The van der Waals surface area contributed by atoms with Crippen molar-refractivity contribution in [3.63, 3.8) is 0 Å². The fourth-order valence-corrected chi connectivity index (χ4v) is 2.85.